The van der Waals surface area contributed by atoms with E-state index in [1.807, 2.05) is 31.2 Å². The summed E-state index contributed by atoms with van der Waals surface area (Å²) < 4.78 is 13.1. The van der Waals surface area contributed by atoms with Crippen molar-refractivity contribution in [3.8, 4) is 23.4 Å². The highest BCUT2D eigenvalue weighted by atomic mass is 16.5. The van der Waals surface area contributed by atoms with E-state index < -0.39 is 11.9 Å². The Kier molecular flexibility index (Phi) is 6.05. The van der Waals surface area contributed by atoms with Crippen LogP contribution in [0, 0.1) is 18.3 Å². The second-order valence-electron chi connectivity index (χ2n) is 7.77. The van der Waals surface area contributed by atoms with Crippen molar-refractivity contribution in [1.29, 1.82) is 5.26 Å². The summed E-state index contributed by atoms with van der Waals surface area (Å²) in [6, 6.07) is 16.1. The first-order valence-corrected chi connectivity index (χ1v) is 10.7. The highest BCUT2D eigenvalue weighted by Gasteiger charge is 2.36. The number of aromatic carboxylic acids is 1. The molecule has 0 radical (unpaired) electrons. The Hall–Kier alpha value is -4.25. The number of benzene rings is 2. The lowest BCUT2D eigenvalue weighted by Gasteiger charge is -2.25. The molecule has 0 saturated heterocycles. The van der Waals surface area contributed by atoms with Crippen LogP contribution in [0.25, 0.3) is 5.69 Å². The molecule has 168 valence electrons. The highest BCUT2D eigenvalue weighted by molar-refractivity contribution is 5.88. The number of carboxylic acid groups (broad SMARTS) is 1. The van der Waals surface area contributed by atoms with Crippen LogP contribution in [0.2, 0.25) is 0 Å². The fraction of sp³-hybridized carbons (Fsp3) is 0.240. The Morgan fingerprint density at radius 2 is 2.06 bits per heavy atom. The quantitative estimate of drug-likeness (QED) is 0.521. The third-order valence-corrected chi connectivity index (χ3v) is 5.55. The van der Waals surface area contributed by atoms with E-state index in [-0.39, 0.29) is 11.4 Å². The molecule has 2 aromatic carbocycles. The predicted molar refractivity (Wildman–Crippen MR) is 121 cm³/mol. The maximum atomic E-state index is 11.4. The van der Waals surface area contributed by atoms with Crippen molar-refractivity contribution < 1.29 is 19.4 Å². The molecule has 1 aliphatic rings. The maximum Gasteiger partial charge on any atom is 0.335 e. The molecular formula is C25H24N4O4. The Morgan fingerprint density at radius 1 is 1.30 bits per heavy atom. The average molecular weight is 444 g/mol. The van der Waals surface area contributed by atoms with Gasteiger partial charge in [0.05, 0.1) is 35.0 Å². The molecule has 2 heterocycles. The number of allylic oxidation sites excluding steroid dienone is 1. The smallest absolute Gasteiger partial charge is 0.335 e. The number of carbonyl (C=O) groups is 1. The normalized spacial score (nSPS) is 14.9. The number of nitrogens with two attached hydrogens (primary N) is 1. The van der Waals surface area contributed by atoms with E-state index in [1.54, 1.807) is 12.1 Å². The molecule has 0 aliphatic carbocycles. The predicted octanol–water partition coefficient (Wildman–Crippen LogP) is 4.28. The standard InChI is InChI=1S/C25H24N4O4/c1-3-4-12-32-19-10-8-16(9-11-19)22-20(14-26)23(27)33-24-21(22)15(2)28-29(24)18-7-5-6-17(13-18)25(30)31/h5-11,13,22H,3-4,12,27H2,1-2H3,(H,30,31). The number of fused-ring (bicyclic) bond motifs is 1. The first kappa shape index (κ1) is 22.0. The molecule has 33 heavy (non-hydrogen) atoms. The van der Waals surface area contributed by atoms with Crippen LogP contribution in [-0.2, 0) is 0 Å². The molecule has 1 aromatic heterocycles. The van der Waals surface area contributed by atoms with Crippen LogP contribution >= 0.6 is 0 Å². The van der Waals surface area contributed by atoms with Gasteiger partial charge in [-0.05, 0) is 49.2 Å². The molecule has 0 bridgehead atoms. The van der Waals surface area contributed by atoms with E-state index in [2.05, 4.69) is 18.1 Å². The van der Waals surface area contributed by atoms with Gasteiger partial charge >= 0.3 is 5.97 Å². The molecule has 0 spiro atoms. The zero-order chi connectivity index (χ0) is 23.5. The van der Waals surface area contributed by atoms with Gasteiger partial charge in [0, 0.05) is 0 Å². The minimum Gasteiger partial charge on any atom is -0.494 e. The Balaban J connectivity index is 1.79. The zero-order valence-corrected chi connectivity index (χ0v) is 18.4. The number of nitrogens with zero attached hydrogens (tertiary/aromatic N) is 3. The number of aryl methyl sites for hydroxylation is 1. The average Bonchev–Trinajstić information content (AvgIpc) is 3.14. The topological polar surface area (TPSA) is 123 Å². The van der Waals surface area contributed by atoms with Crippen LogP contribution in [0.5, 0.6) is 11.6 Å². The van der Waals surface area contributed by atoms with Crippen molar-refractivity contribution >= 4 is 5.97 Å². The van der Waals surface area contributed by atoms with E-state index in [9.17, 15) is 15.2 Å². The molecule has 0 amide bonds. The van der Waals surface area contributed by atoms with Gasteiger partial charge in [-0.25, -0.2) is 9.48 Å². The monoisotopic (exact) mass is 444 g/mol. The molecule has 0 saturated carbocycles. The second-order valence-corrected chi connectivity index (χ2v) is 7.77. The van der Waals surface area contributed by atoms with Crippen LogP contribution in [-0.4, -0.2) is 27.5 Å². The molecule has 4 rings (SSSR count). The fourth-order valence-electron chi connectivity index (χ4n) is 3.88. The third-order valence-electron chi connectivity index (χ3n) is 5.55. The van der Waals surface area contributed by atoms with Crippen molar-refractivity contribution in [2.24, 2.45) is 5.73 Å². The van der Waals surface area contributed by atoms with E-state index in [0.29, 0.717) is 35.0 Å². The van der Waals surface area contributed by atoms with Crippen LogP contribution in [0.3, 0.4) is 0 Å². The van der Waals surface area contributed by atoms with Gasteiger partial charge in [-0.3, -0.25) is 0 Å². The Morgan fingerprint density at radius 3 is 2.73 bits per heavy atom. The van der Waals surface area contributed by atoms with Gasteiger partial charge in [-0.15, -0.1) is 0 Å². The Labute approximate surface area is 191 Å². The minimum absolute atomic E-state index is 0.00573. The van der Waals surface area contributed by atoms with Crippen molar-refractivity contribution in [2.45, 2.75) is 32.6 Å². The first-order valence-electron chi connectivity index (χ1n) is 10.7. The van der Waals surface area contributed by atoms with Crippen molar-refractivity contribution in [3.05, 3.63) is 82.4 Å². The molecule has 1 unspecified atom stereocenters. The SMILES string of the molecule is CCCCOc1ccc(C2C(C#N)=C(N)Oc3c2c(C)nn3-c2cccc(C(=O)O)c2)cc1. The molecule has 1 aliphatic heterocycles. The maximum absolute atomic E-state index is 11.4. The minimum atomic E-state index is -1.04. The van der Waals surface area contributed by atoms with Crippen LogP contribution in [0.1, 0.15) is 52.9 Å². The van der Waals surface area contributed by atoms with Crippen LogP contribution in [0.4, 0.5) is 0 Å². The van der Waals surface area contributed by atoms with Gasteiger partial charge in [0.1, 0.15) is 17.4 Å². The zero-order valence-electron chi connectivity index (χ0n) is 18.4. The van der Waals surface area contributed by atoms with Crippen molar-refractivity contribution in [2.75, 3.05) is 6.61 Å². The van der Waals surface area contributed by atoms with E-state index in [0.717, 1.165) is 24.2 Å². The van der Waals surface area contributed by atoms with Crippen molar-refractivity contribution in [1.82, 2.24) is 9.78 Å². The van der Waals surface area contributed by atoms with Gasteiger partial charge < -0.3 is 20.3 Å². The summed E-state index contributed by atoms with van der Waals surface area (Å²) in [6.07, 6.45) is 2.03. The number of aromatic nitrogens is 2. The lowest BCUT2D eigenvalue weighted by molar-refractivity contribution is 0.0697. The molecular weight excluding hydrogens is 420 g/mol. The van der Waals surface area contributed by atoms with Gasteiger partial charge in [-0.2, -0.15) is 10.4 Å². The van der Waals surface area contributed by atoms with Gasteiger partial charge in [-0.1, -0.05) is 31.5 Å². The van der Waals surface area contributed by atoms with Gasteiger partial charge in [0.15, 0.2) is 0 Å². The third kappa shape index (κ3) is 4.13. The van der Waals surface area contributed by atoms with E-state index in [1.165, 1.54) is 16.8 Å². The molecule has 8 heteroatoms. The van der Waals surface area contributed by atoms with Crippen LogP contribution in [0.15, 0.2) is 60.0 Å². The molecule has 3 N–H and O–H groups in total. The summed E-state index contributed by atoms with van der Waals surface area (Å²) >= 11 is 0. The summed E-state index contributed by atoms with van der Waals surface area (Å²) in [5, 5.41) is 23.8. The Bertz CT molecular complexity index is 1270. The fourth-order valence-corrected chi connectivity index (χ4v) is 3.88. The van der Waals surface area contributed by atoms with Crippen LogP contribution < -0.4 is 15.2 Å². The lowest BCUT2D eigenvalue weighted by atomic mass is 9.84. The molecule has 0 fully saturated rings. The first-order chi connectivity index (χ1) is 15.9. The highest BCUT2D eigenvalue weighted by Crippen LogP contribution is 2.44. The number of ether oxygens (including phenoxy) is 2. The van der Waals surface area contributed by atoms with E-state index >= 15 is 0 Å². The number of rotatable bonds is 7. The molecule has 1 atom stereocenters. The number of unbranched alkanes of at least 4 members (excludes halogenated alkanes) is 1. The van der Waals surface area contributed by atoms with Gasteiger partial charge in [0.2, 0.25) is 11.8 Å². The van der Waals surface area contributed by atoms with Crippen molar-refractivity contribution in [3.63, 3.8) is 0 Å². The summed E-state index contributed by atoms with van der Waals surface area (Å²) in [6.45, 7) is 4.58. The number of hydrogen-bond donors (Lipinski definition) is 2. The second kappa shape index (κ2) is 9.09. The molecule has 8 nitrogen and oxygen atoms in total. The number of nitriles is 1. The molecule has 3 aromatic rings. The number of hydrogen-bond acceptors (Lipinski definition) is 6. The summed E-state index contributed by atoms with van der Waals surface area (Å²) in [5.41, 5.74) is 9.31. The number of carboxylic acids is 1. The lowest BCUT2D eigenvalue weighted by Crippen LogP contribution is -2.22. The summed E-state index contributed by atoms with van der Waals surface area (Å²) in [7, 11) is 0. The van der Waals surface area contributed by atoms with Gasteiger partial charge in [0.25, 0.3) is 0 Å². The summed E-state index contributed by atoms with van der Waals surface area (Å²) in [5.74, 6) is -0.401. The largest absolute Gasteiger partial charge is 0.494 e. The summed E-state index contributed by atoms with van der Waals surface area (Å²) in [4.78, 5) is 11.4. The van der Waals surface area contributed by atoms with E-state index in [4.69, 9.17) is 15.2 Å².